The summed E-state index contributed by atoms with van der Waals surface area (Å²) < 4.78 is 19.2. The minimum atomic E-state index is 0.0684. The fourth-order valence-electron chi connectivity index (χ4n) is 9.98. The zero-order valence-electron chi connectivity index (χ0n) is 24.1. The van der Waals surface area contributed by atoms with Crippen LogP contribution in [0.3, 0.4) is 0 Å². The topological polar surface area (TPSA) is 88.4 Å². The number of unbranched alkanes of at least 4 members (excludes halogenated alkanes) is 1. The second kappa shape index (κ2) is 13.0. The lowest BCUT2D eigenvalue weighted by Crippen LogP contribution is -2.63. The van der Waals surface area contributed by atoms with Crippen molar-refractivity contribution in [3.05, 3.63) is 0 Å². The molecule has 4 aliphatic rings. The molecule has 0 bridgehead atoms. The fraction of sp³-hybridized carbons (Fsp3) is 1.00. The Bertz CT molecular complexity index is 703. The molecular formula is C31H56O6. The Morgan fingerprint density at radius 2 is 1.54 bits per heavy atom. The van der Waals surface area contributed by atoms with Crippen LogP contribution in [0, 0.1) is 46.3 Å². The van der Waals surface area contributed by atoms with Crippen LogP contribution in [0.1, 0.15) is 91.9 Å². The van der Waals surface area contributed by atoms with Gasteiger partial charge in [-0.15, -0.1) is 0 Å². The first-order chi connectivity index (χ1) is 17.8. The molecule has 4 rings (SSSR count). The second-order valence-electron chi connectivity index (χ2n) is 13.3. The summed E-state index contributed by atoms with van der Waals surface area (Å²) in [5.74, 6) is 3.38. The number of fused-ring (bicyclic) bond motifs is 5. The van der Waals surface area contributed by atoms with Gasteiger partial charge in [0.1, 0.15) is 0 Å². The van der Waals surface area contributed by atoms with E-state index in [-0.39, 0.29) is 49.0 Å². The lowest BCUT2D eigenvalue weighted by molar-refractivity contribution is -0.229. The molecule has 4 fully saturated rings. The molecule has 0 heterocycles. The summed E-state index contributed by atoms with van der Waals surface area (Å²) in [6, 6.07) is 0. The molecule has 6 heteroatoms. The third kappa shape index (κ3) is 5.67. The maximum absolute atomic E-state index is 9.72. The SMILES string of the molecule is CCCC[C@H](C)[C@H]1CC[C@H]2[C@@H]3[C@H](OCCO)C[C@@H]4C[C@H](OCCO)CC[C@]4(C)[C@H]3C[C@H](OCCO)[C@]12C. The van der Waals surface area contributed by atoms with E-state index in [1.165, 1.54) is 32.1 Å². The lowest BCUT2D eigenvalue weighted by Gasteiger charge is -2.64. The van der Waals surface area contributed by atoms with Gasteiger partial charge in [0.05, 0.1) is 58.0 Å². The van der Waals surface area contributed by atoms with Crippen molar-refractivity contribution in [1.29, 1.82) is 0 Å². The second-order valence-corrected chi connectivity index (χ2v) is 13.3. The van der Waals surface area contributed by atoms with Crippen molar-refractivity contribution in [3.8, 4) is 0 Å². The summed E-state index contributed by atoms with van der Waals surface area (Å²) in [4.78, 5) is 0. The molecule has 11 atom stereocenters. The fourth-order valence-corrected chi connectivity index (χ4v) is 9.98. The number of ether oxygens (including phenoxy) is 3. The van der Waals surface area contributed by atoms with Gasteiger partial charge in [-0.2, -0.15) is 0 Å². The van der Waals surface area contributed by atoms with Crippen molar-refractivity contribution in [2.75, 3.05) is 39.6 Å². The minimum Gasteiger partial charge on any atom is -0.394 e. The first-order valence-corrected chi connectivity index (χ1v) is 15.5. The molecule has 4 saturated carbocycles. The summed E-state index contributed by atoms with van der Waals surface area (Å²) in [6.45, 7) is 11.3. The molecule has 0 saturated heterocycles. The van der Waals surface area contributed by atoms with Crippen molar-refractivity contribution < 1.29 is 29.5 Å². The smallest absolute Gasteiger partial charge is 0.0701 e. The molecule has 37 heavy (non-hydrogen) atoms. The molecule has 6 nitrogen and oxygen atoms in total. The monoisotopic (exact) mass is 524 g/mol. The molecule has 0 amide bonds. The largest absolute Gasteiger partial charge is 0.394 e. The van der Waals surface area contributed by atoms with E-state index in [1.807, 2.05) is 0 Å². The van der Waals surface area contributed by atoms with Gasteiger partial charge in [-0.3, -0.25) is 0 Å². The van der Waals surface area contributed by atoms with Gasteiger partial charge >= 0.3 is 0 Å². The Labute approximate surface area is 225 Å². The normalized spacial score (nSPS) is 44.2. The van der Waals surface area contributed by atoms with Crippen molar-refractivity contribution >= 4 is 0 Å². The number of rotatable bonds is 13. The van der Waals surface area contributed by atoms with Crippen LogP contribution in [-0.4, -0.2) is 73.3 Å². The predicted molar refractivity (Wildman–Crippen MR) is 145 cm³/mol. The molecule has 216 valence electrons. The number of aliphatic hydroxyl groups is 3. The Balaban J connectivity index is 1.66. The highest BCUT2D eigenvalue weighted by Gasteiger charge is 2.66. The molecule has 0 aromatic rings. The van der Waals surface area contributed by atoms with Gasteiger partial charge in [0.15, 0.2) is 0 Å². The Morgan fingerprint density at radius 1 is 0.838 bits per heavy atom. The Morgan fingerprint density at radius 3 is 2.24 bits per heavy atom. The standard InChI is InChI=1S/C31H56O6/c1-5-6-7-21(2)24-8-9-25-29-26(20-28(31(24,25)4)37-17-14-34)30(3)11-10-23(35-15-12-32)18-22(30)19-27(29)36-16-13-33/h21-29,32-34H,5-20H2,1-4H3/t21-,22-,23+,24+,25-,26-,27+,28-,29-,30-,31+/m0/s1. The van der Waals surface area contributed by atoms with Crippen LogP contribution in [-0.2, 0) is 14.2 Å². The van der Waals surface area contributed by atoms with E-state index in [9.17, 15) is 15.3 Å². The maximum atomic E-state index is 9.72. The first-order valence-electron chi connectivity index (χ1n) is 15.5. The molecule has 4 aliphatic carbocycles. The van der Waals surface area contributed by atoms with Gasteiger partial charge in [-0.25, -0.2) is 0 Å². The van der Waals surface area contributed by atoms with Crippen LogP contribution in [0.15, 0.2) is 0 Å². The van der Waals surface area contributed by atoms with Gasteiger partial charge in [0.2, 0.25) is 0 Å². The average Bonchev–Trinajstić information content (AvgIpc) is 3.26. The van der Waals surface area contributed by atoms with Crippen LogP contribution in [0.4, 0.5) is 0 Å². The van der Waals surface area contributed by atoms with Crippen molar-refractivity contribution in [2.24, 2.45) is 46.3 Å². The molecule has 0 unspecified atom stereocenters. The van der Waals surface area contributed by atoms with Crippen LogP contribution < -0.4 is 0 Å². The van der Waals surface area contributed by atoms with E-state index in [4.69, 9.17) is 14.2 Å². The molecule has 3 N–H and O–H groups in total. The average molecular weight is 525 g/mol. The van der Waals surface area contributed by atoms with E-state index in [0.29, 0.717) is 55.3 Å². The van der Waals surface area contributed by atoms with Gasteiger partial charge < -0.3 is 29.5 Å². The predicted octanol–water partition coefficient (Wildman–Crippen LogP) is 4.82. The Hall–Kier alpha value is -0.240. The quantitative estimate of drug-likeness (QED) is 0.320. The molecular weight excluding hydrogens is 468 g/mol. The van der Waals surface area contributed by atoms with Gasteiger partial charge in [0, 0.05) is 5.41 Å². The van der Waals surface area contributed by atoms with E-state index >= 15 is 0 Å². The summed E-state index contributed by atoms with van der Waals surface area (Å²) >= 11 is 0. The van der Waals surface area contributed by atoms with E-state index in [1.54, 1.807) is 0 Å². The highest BCUT2D eigenvalue weighted by atomic mass is 16.5. The minimum absolute atomic E-state index is 0.0684. The summed E-state index contributed by atoms with van der Waals surface area (Å²) in [7, 11) is 0. The Kier molecular flexibility index (Phi) is 10.4. The lowest BCUT2D eigenvalue weighted by atomic mass is 9.43. The van der Waals surface area contributed by atoms with Gasteiger partial charge in [0.25, 0.3) is 0 Å². The molecule has 0 spiro atoms. The summed E-state index contributed by atoms with van der Waals surface area (Å²) in [5.41, 5.74) is 0.311. The molecule has 0 aromatic heterocycles. The maximum Gasteiger partial charge on any atom is 0.0701 e. The van der Waals surface area contributed by atoms with Crippen molar-refractivity contribution in [1.82, 2.24) is 0 Å². The van der Waals surface area contributed by atoms with E-state index < -0.39 is 0 Å². The van der Waals surface area contributed by atoms with Crippen LogP contribution in [0.2, 0.25) is 0 Å². The van der Waals surface area contributed by atoms with Crippen LogP contribution >= 0.6 is 0 Å². The van der Waals surface area contributed by atoms with Crippen LogP contribution in [0.25, 0.3) is 0 Å². The highest BCUT2D eigenvalue weighted by Crippen LogP contribution is 2.69. The zero-order valence-corrected chi connectivity index (χ0v) is 24.1. The van der Waals surface area contributed by atoms with Crippen LogP contribution in [0.5, 0.6) is 0 Å². The molecule has 0 radical (unpaired) electrons. The molecule has 0 aromatic carbocycles. The third-order valence-electron chi connectivity index (χ3n) is 11.7. The van der Waals surface area contributed by atoms with Gasteiger partial charge in [-0.05, 0) is 85.9 Å². The first kappa shape index (κ1) is 29.7. The number of aliphatic hydroxyl groups excluding tert-OH is 3. The number of hydrogen-bond donors (Lipinski definition) is 3. The van der Waals surface area contributed by atoms with Crippen molar-refractivity contribution in [2.45, 2.75) is 110 Å². The highest BCUT2D eigenvalue weighted by molar-refractivity contribution is 5.15. The zero-order chi connectivity index (χ0) is 26.6. The molecule has 0 aliphatic heterocycles. The summed E-state index contributed by atoms with van der Waals surface area (Å²) in [5, 5.41) is 28.7. The van der Waals surface area contributed by atoms with E-state index in [0.717, 1.165) is 32.1 Å². The van der Waals surface area contributed by atoms with E-state index in [2.05, 4.69) is 27.7 Å². The van der Waals surface area contributed by atoms with Crippen molar-refractivity contribution in [3.63, 3.8) is 0 Å². The summed E-state index contributed by atoms with van der Waals surface area (Å²) in [6.07, 6.45) is 12.2. The number of hydrogen-bond acceptors (Lipinski definition) is 6. The third-order valence-corrected chi connectivity index (χ3v) is 11.7. The van der Waals surface area contributed by atoms with Gasteiger partial charge in [-0.1, -0.05) is 47.0 Å².